The van der Waals surface area contributed by atoms with Crippen molar-refractivity contribution in [2.24, 2.45) is 0 Å². The lowest BCUT2D eigenvalue weighted by atomic mass is 10.2. The van der Waals surface area contributed by atoms with Gasteiger partial charge in [-0.1, -0.05) is 26.2 Å². The van der Waals surface area contributed by atoms with Crippen molar-refractivity contribution in [3.63, 3.8) is 0 Å². The quantitative estimate of drug-likeness (QED) is 0.798. The third kappa shape index (κ3) is 3.58. The minimum atomic E-state index is -2.67. The molecule has 7 heteroatoms. The van der Waals surface area contributed by atoms with Crippen LogP contribution in [0.2, 0.25) is 0 Å². The average Bonchev–Trinajstić information content (AvgIpc) is 2.89. The lowest BCUT2D eigenvalue weighted by Crippen LogP contribution is -2.24. The van der Waals surface area contributed by atoms with Crippen molar-refractivity contribution in [3.05, 3.63) is 29.2 Å². The molecule has 0 aliphatic heterocycles. The van der Waals surface area contributed by atoms with Gasteiger partial charge in [-0.15, -0.1) is 0 Å². The second kappa shape index (κ2) is 7.29. The normalized spacial score (nSPS) is 11.3. The van der Waals surface area contributed by atoms with E-state index in [2.05, 4.69) is 22.3 Å². The molecule has 2 heterocycles. The molecular weight excluding hydrogens is 290 g/mol. The molecule has 2 aromatic heterocycles. The minimum absolute atomic E-state index is 0.168. The first-order valence-corrected chi connectivity index (χ1v) is 7.46. The van der Waals surface area contributed by atoms with Crippen LogP contribution in [0, 0.1) is 6.92 Å². The number of aryl methyl sites for hydroxylation is 1. The van der Waals surface area contributed by atoms with Gasteiger partial charge in [0.1, 0.15) is 11.3 Å². The van der Waals surface area contributed by atoms with Crippen LogP contribution in [-0.4, -0.2) is 27.0 Å². The maximum absolute atomic E-state index is 13.0. The second-order valence-corrected chi connectivity index (χ2v) is 5.23. The number of rotatable bonds is 7. The third-order valence-electron chi connectivity index (χ3n) is 3.41. The van der Waals surface area contributed by atoms with Crippen molar-refractivity contribution in [1.29, 1.82) is 0 Å². The lowest BCUT2D eigenvalue weighted by Gasteiger charge is -2.06. The first kappa shape index (κ1) is 16.3. The molecule has 0 aliphatic rings. The topological polar surface area (TPSA) is 59.3 Å². The number of aromatic nitrogens is 3. The summed E-state index contributed by atoms with van der Waals surface area (Å²) in [6.45, 7) is 4.29. The Hall–Kier alpha value is -2.05. The molecule has 0 spiro atoms. The van der Waals surface area contributed by atoms with E-state index in [0.717, 1.165) is 30.2 Å². The minimum Gasteiger partial charge on any atom is -0.352 e. The third-order valence-corrected chi connectivity index (χ3v) is 3.41. The molecule has 2 rings (SSSR count). The zero-order valence-corrected chi connectivity index (χ0v) is 12.8. The predicted molar refractivity (Wildman–Crippen MR) is 79.2 cm³/mol. The largest absolute Gasteiger partial charge is 0.352 e. The molecule has 0 unspecified atom stereocenters. The Bertz CT molecular complexity index is 654. The van der Waals surface area contributed by atoms with Crippen LogP contribution in [0.5, 0.6) is 0 Å². The summed E-state index contributed by atoms with van der Waals surface area (Å²) in [5, 5.41) is 6.66. The van der Waals surface area contributed by atoms with Gasteiger partial charge in [-0.2, -0.15) is 5.10 Å². The Labute approximate surface area is 127 Å². The Morgan fingerprint density at radius 3 is 2.82 bits per heavy atom. The number of unbranched alkanes of at least 4 members (excludes halogenated alkanes) is 3. The smallest absolute Gasteiger partial charge is 0.280 e. The highest BCUT2D eigenvalue weighted by Crippen LogP contribution is 2.21. The van der Waals surface area contributed by atoms with Crippen LogP contribution in [0.15, 0.2) is 12.3 Å². The maximum Gasteiger partial charge on any atom is 0.280 e. The number of carbonyl (C=O) groups is 1. The van der Waals surface area contributed by atoms with Crippen molar-refractivity contribution in [1.82, 2.24) is 19.9 Å². The van der Waals surface area contributed by atoms with Crippen molar-refractivity contribution < 1.29 is 13.6 Å². The Kier molecular flexibility index (Phi) is 5.41. The number of amides is 1. The van der Waals surface area contributed by atoms with Gasteiger partial charge < -0.3 is 5.32 Å². The molecule has 0 aliphatic carbocycles. The molecule has 22 heavy (non-hydrogen) atoms. The maximum atomic E-state index is 13.0. The van der Waals surface area contributed by atoms with Crippen LogP contribution in [0.4, 0.5) is 8.78 Å². The second-order valence-electron chi connectivity index (χ2n) is 5.23. The van der Waals surface area contributed by atoms with Gasteiger partial charge in [0.05, 0.1) is 6.20 Å². The fourth-order valence-corrected chi connectivity index (χ4v) is 2.28. The molecule has 1 amide bonds. The number of hydrogen-bond acceptors (Lipinski definition) is 3. The van der Waals surface area contributed by atoms with Gasteiger partial charge >= 0.3 is 0 Å². The highest BCUT2D eigenvalue weighted by atomic mass is 19.3. The van der Waals surface area contributed by atoms with E-state index >= 15 is 0 Å². The summed E-state index contributed by atoms with van der Waals surface area (Å²) in [6.07, 6.45) is 2.82. The monoisotopic (exact) mass is 310 g/mol. The molecule has 0 aromatic carbocycles. The van der Waals surface area contributed by atoms with E-state index in [1.54, 1.807) is 6.92 Å². The molecule has 5 nitrogen and oxygen atoms in total. The highest BCUT2D eigenvalue weighted by Gasteiger charge is 2.19. The van der Waals surface area contributed by atoms with Crippen molar-refractivity contribution in [2.45, 2.75) is 46.0 Å². The van der Waals surface area contributed by atoms with Crippen molar-refractivity contribution >= 4 is 11.6 Å². The summed E-state index contributed by atoms with van der Waals surface area (Å²) >= 11 is 0. The van der Waals surface area contributed by atoms with Crippen molar-refractivity contribution in [3.8, 4) is 0 Å². The first-order valence-electron chi connectivity index (χ1n) is 7.46. The number of fused-ring (bicyclic) bond motifs is 1. The van der Waals surface area contributed by atoms with Crippen LogP contribution < -0.4 is 5.32 Å². The molecule has 0 fully saturated rings. The van der Waals surface area contributed by atoms with E-state index in [-0.39, 0.29) is 22.8 Å². The number of alkyl halides is 2. The van der Waals surface area contributed by atoms with Gasteiger partial charge in [-0.25, -0.2) is 18.3 Å². The molecule has 0 radical (unpaired) electrons. The summed E-state index contributed by atoms with van der Waals surface area (Å²) in [7, 11) is 0. The number of halogens is 2. The number of nitrogens with one attached hydrogen (secondary N) is 1. The summed E-state index contributed by atoms with van der Waals surface area (Å²) < 4.78 is 27.1. The number of carbonyl (C=O) groups excluding carboxylic acids is 1. The van der Waals surface area contributed by atoms with Crippen LogP contribution >= 0.6 is 0 Å². The fraction of sp³-hybridized carbons (Fsp3) is 0.533. The van der Waals surface area contributed by atoms with Gasteiger partial charge in [0, 0.05) is 12.2 Å². The molecule has 1 N–H and O–H groups in total. The highest BCUT2D eigenvalue weighted by molar-refractivity contribution is 5.99. The van der Waals surface area contributed by atoms with Gasteiger partial charge in [-0.3, -0.25) is 4.79 Å². The number of hydrogen-bond donors (Lipinski definition) is 1. The van der Waals surface area contributed by atoms with E-state index in [0.29, 0.717) is 12.2 Å². The Morgan fingerprint density at radius 2 is 2.14 bits per heavy atom. The fourth-order valence-electron chi connectivity index (χ4n) is 2.28. The molecule has 120 valence electrons. The van der Waals surface area contributed by atoms with Crippen LogP contribution in [0.3, 0.4) is 0 Å². The molecule has 2 aromatic rings. The van der Waals surface area contributed by atoms with E-state index in [4.69, 9.17) is 0 Å². The first-order chi connectivity index (χ1) is 10.5. The SMILES string of the molecule is CCCCCCNC(=O)c1cnn2c(C(F)F)cc(C)nc12. The molecule has 0 saturated heterocycles. The summed E-state index contributed by atoms with van der Waals surface area (Å²) in [4.78, 5) is 16.3. The Morgan fingerprint density at radius 1 is 1.36 bits per heavy atom. The molecule has 0 bridgehead atoms. The van der Waals surface area contributed by atoms with Gasteiger partial charge in [0.15, 0.2) is 5.65 Å². The van der Waals surface area contributed by atoms with Gasteiger partial charge in [0.2, 0.25) is 0 Å². The van der Waals surface area contributed by atoms with Crippen LogP contribution in [0.25, 0.3) is 5.65 Å². The van der Waals surface area contributed by atoms with E-state index in [1.165, 1.54) is 12.3 Å². The number of nitrogens with zero attached hydrogens (tertiary/aromatic N) is 3. The Balaban J connectivity index is 2.16. The van der Waals surface area contributed by atoms with Gasteiger partial charge in [0.25, 0.3) is 12.3 Å². The summed E-state index contributed by atoms with van der Waals surface area (Å²) in [5.74, 6) is -0.329. The zero-order chi connectivity index (χ0) is 16.1. The van der Waals surface area contributed by atoms with E-state index < -0.39 is 6.43 Å². The van der Waals surface area contributed by atoms with Gasteiger partial charge in [-0.05, 0) is 19.4 Å². The molecule has 0 atom stereocenters. The van der Waals surface area contributed by atoms with E-state index in [9.17, 15) is 13.6 Å². The summed E-state index contributed by atoms with van der Waals surface area (Å²) in [5.41, 5.74) is 0.562. The lowest BCUT2D eigenvalue weighted by molar-refractivity contribution is 0.0954. The van der Waals surface area contributed by atoms with E-state index in [1.807, 2.05) is 0 Å². The summed E-state index contributed by atoms with van der Waals surface area (Å²) in [6, 6.07) is 1.27. The molecule has 0 saturated carbocycles. The van der Waals surface area contributed by atoms with Crippen molar-refractivity contribution in [2.75, 3.05) is 6.54 Å². The standard InChI is InChI=1S/C15H20F2N4O/c1-3-4-5-6-7-18-15(22)11-9-19-21-12(13(16)17)8-10(2)20-14(11)21/h8-9,13H,3-7H2,1-2H3,(H,18,22). The molecular formula is C15H20F2N4O. The average molecular weight is 310 g/mol. The van der Waals surface area contributed by atoms with Crippen LogP contribution in [0.1, 0.15) is 60.8 Å². The zero-order valence-electron chi connectivity index (χ0n) is 12.8. The predicted octanol–water partition coefficient (Wildman–Crippen LogP) is 3.29. The van der Waals surface area contributed by atoms with Crippen LogP contribution in [-0.2, 0) is 0 Å².